The second-order valence-electron chi connectivity index (χ2n) is 14.8. The first-order valence-electron chi connectivity index (χ1n) is 17.9. The average molecular weight is 1040 g/mol. The predicted octanol–water partition coefficient (Wildman–Crippen LogP) is 9.67. The second kappa shape index (κ2) is 18.5. The number of aromatic nitrogens is 4. The van der Waals surface area contributed by atoms with Crippen molar-refractivity contribution in [3.05, 3.63) is 145 Å². The lowest BCUT2D eigenvalue weighted by Gasteiger charge is -2.26. The molecule has 0 aliphatic rings. The fourth-order valence-electron chi connectivity index (χ4n) is 5.86. The average Bonchev–Trinajstić information content (AvgIpc) is 3.75. The van der Waals surface area contributed by atoms with E-state index in [1.54, 1.807) is 43.0 Å². The standard InChI is InChI=1S/C23H30IN3O3SSi.C18H17IN2O2S/c1-18-14-20(10-11-22(18)26-15-19(2)25-16-26)27(17-30-12-13-32(3,4)5)31(28,29)23-9-7-6-8-21(23)24;1-13-9-15(7-8-17(13)21-10-14(2)20-12-21)11-24(22,23)18-6-4-3-5-16(18)19/h6-11,14-16H,12-13,17H2,1-5H3;3-10,12H,11H2,1-2H3. The number of hydrogen-bond acceptors (Lipinski definition) is 7. The first-order chi connectivity index (χ1) is 26.4. The van der Waals surface area contributed by atoms with Crippen molar-refractivity contribution < 1.29 is 21.6 Å². The van der Waals surface area contributed by atoms with Crippen LogP contribution in [0.15, 0.2) is 120 Å². The Morgan fingerprint density at radius 1 is 0.696 bits per heavy atom. The molecule has 6 rings (SSSR count). The van der Waals surface area contributed by atoms with Crippen molar-refractivity contribution in [2.24, 2.45) is 0 Å². The lowest BCUT2D eigenvalue weighted by molar-refractivity contribution is 0.156. The normalized spacial score (nSPS) is 11.9. The second-order valence-corrected chi connectivity index (χ2v) is 26.5. The quantitative estimate of drug-likeness (QED) is 0.0490. The van der Waals surface area contributed by atoms with E-state index in [0.29, 0.717) is 20.8 Å². The lowest BCUT2D eigenvalue weighted by Crippen LogP contribution is -2.34. The largest absolute Gasteiger partial charge is 0.360 e. The zero-order valence-corrected chi connectivity index (χ0v) is 39.5. The van der Waals surface area contributed by atoms with E-state index in [0.717, 1.165) is 49.1 Å². The number of nitrogens with zero attached hydrogens (tertiary/aromatic N) is 5. The Kier molecular flexibility index (Phi) is 14.4. The van der Waals surface area contributed by atoms with E-state index in [9.17, 15) is 16.8 Å². The van der Waals surface area contributed by atoms with Crippen molar-refractivity contribution in [1.82, 2.24) is 19.1 Å². The Hall–Kier alpha value is -3.36. The van der Waals surface area contributed by atoms with Crippen molar-refractivity contribution in [2.75, 3.05) is 17.6 Å². The molecule has 10 nitrogen and oxygen atoms in total. The molecule has 2 aromatic heterocycles. The topological polar surface area (TPSA) is 116 Å². The summed E-state index contributed by atoms with van der Waals surface area (Å²) in [7, 11) is -8.44. The molecule has 0 fully saturated rings. The molecule has 4 aromatic carbocycles. The number of ether oxygens (including phenoxy) is 1. The van der Waals surface area contributed by atoms with Gasteiger partial charge in [-0.15, -0.1) is 0 Å². The molecule has 296 valence electrons. The third kappa shape index (κ3) is 11.2. The molecule has 56 heavy (non-hydrogen) atoms. The van der Waals surface area contributed by atoms with Crippen LogP contribution in [0.5, 0.6) is 0 Å². The maximum atomic E-state index is 13.6. The third-order valence-corrected chi connectivity index (χ3v) is 16.7. The molecular weight excluding hydrogens is 989 g/mol. The number of benzene rings is 4. The van der Waals surface area contributed by atoms with Gasteiger partial charge in [0.1, 0.15) is 11.6 Å². The fraction of sp³-hybridized carbons (Fsp3) is 0.268. The molecule has 0 radical (unpaired) electrons. The van der Waals surface area contributed by atoms with E-state index in [2.05, 4.69) is 74.8 Å². The van der Waals surface area contributed by atoms with Gasteiger partial charge in [0.2, 0.25) is 0 Å². The van der Waals surface area contributed by atoms with Crippen LogP contribution >= 0.6 is 45.2 Å². The minimum absolute atomic E-state index is 0.00289. The molecule has 0 spiro atoms. The molecule has 0 saturated heterocycles. The summed E-state index contributed by atoms with van der Waals surface area (Å²) in [4.78, 5) is 9.19. The highest BCUT2D eigenvalue weighted by atomic mass is 127. The molecule has 0 aliphatic carbocycles. The van der Waals surface area contributed by atoms with Crippen LogP contribution in [0.4, 0.5) is 5.69 Å². The number of aryl methyl sites for hydroxylation is 4. The summed E-state index contributed by atoms with van der Waals surface area (Å²) in [6.07, 6.45) is 7.42. The van der Waals surface area contributed by atoms with Crippen LogP contribution in [-0.4, -0.2) is 57.3 Å². The predicted molar refractivity (Wildman–Crippen MR) is 244 cm³/mol. The van der Waals surface area contributed by atoms with Gasteiger partial charge in [-0.05, 0) is 144 Å². The highest BCUT2D eigenvalue weighted by Gasteiger charge is 2.28. The van der Waals surface area contributed by atoms with E-state index in [4.69, 9.17) is 4.74 Å². The Morgan fingerprint density at radius 2 is 1.21 bits per heavy atom. The Morgan fingerprint density at radius 3 is 1.70 bits per heavy atom. The first-order valence-corrected chi connectivity index (χ1v) is 26.9. The summed E-state index contributed by atoms with van der Waals surface area (Å²) in [5.41, 5.74) is 7.16. The van der Waals surface area contributed by atoms with Gasteiger partial charge >= 0.3 is 0 Å². The van der Waals surface area contributed by atoms with Crippen LogP contribution in [0.2, 0.25) is 25.7 Å². The van der Waals surface area contributed by atoms with Crippen LogP contribution < -0.4 is 4.31 Å². The number of halogens is 2. The van der Waals surface area contributed by atoms with Gasteiger partial charge in [0.05, 0.1) is 40.4 Å². The number of rotatable bonds is 13. The number of sulfone groups is 1. The summed E-state index contributed by atoms with van der Waals surface area (Å²) in [6, 6.07) is 26.4. The summed E-state index contributed by atoms with van der Waals surface area (Å²) in [5.74, 6) is -0.00289. The molecule has 0 atom stereocenters. The van der Waals surface area contributed by atoms with E-state index in [1.807, 2.05) is 104 Å². The smallest absolute Gasteiger partial charge is 0.267 e. The highest BCUT2D eigenvalue weighted by molar-refractivity contribution is 14.1. The van der Waals surface area contributed by atoms with Crippen LogP contribution in [0.3, 0.4) is 0 Å². The van der Waals surface area contributed by atoms with Crippen LogP contribution in [0, 0.1) is 34.8 Å². The number of sulfonamides is 1. The fourth-order valence-corrected chi connectivity index (χ4v) is 12.1. The van der Waals surface area contributed by atoms with Gasteiger partial charge < -0.3 is 13.9 Å². The zero-order valence-electron chi connectivity index (χ0n) is 32.6. The van der Waals surface area contributed by atoms with Gasteiger partial charge in [-0.25, -0.2) is 31.1 Å². The van der Waals surface area contributed by atoms with Crippen molar-refractivity contribution in [2.45, 2.75) is 68.9 Å². The SMILES string of the molecule is Cc1cn(-c2ccc(CS(=O)(=O)c3ccccc3I)cc2C)cn1.Cc1cn(-c2ccc(N(COCC[Si](C)(C)C)S(=O)(=O)c3ccccc3I)cc2C)cn1. The van der Waals surface area contributed by atoms with Gasteiger partial charge in [-0.1, -0.05) is 56.0 Å². The molecule has 6 aromatic rings. The molecule has 0 saturated carbocycles. The minimum atomic E-state index is -3.80. The van der Waals surface area contributed by atoms with E-state index >= 15 is 0 Å². The molecule has 2 heterocycles. The third-order valence-electron chi connectivity index (χ3n) is 8.85. The molecule has 0 unspecified atom stereocenters. The molecule has 0 bridgehead atoms. The summed E-state index contributed by atoms with van der Waals surface area (Å²) >= 11 is 4.13. The lowest BCUT2D eigenvalue weighted by atomic mass is 10.1. The van der Waals surface area contributed by atoms with Gasteiger partial charge in [0.25, 0.3) is 10.0 Å². The van der Waals surface area contributed by atoms with Crippen molar-refractivity contribution >= 4 is 78.8 Å². The van der Waals surface area contributed by atoms with Gasteiger partial charge in [0, 0.05) is 45.6 Å². The van der Waals surface area contributed by atoms with Crippen molar-refractivity contribution in [3.63, 3.8) is 0 Å². The molecule has 15 heteroatoms. The van der Waals surface area contributed by atoms with E-state index < -0.39 is 27.9 Å². The first kappa shape index (κ1) is 43.8. The Labute approximate surface area is 359 Å². The Bertz CT molecular complexity index is 2530. The maximum absolute atomic E-state index is 13.6. The summed E-state index contributed by atoms with van der Waals surface area (Å²) < 4.78 is 65.2. The summed E-state index contributed by atoms with van der Waals surface area (Å²) in [6.45, 7) is 15.2. The van der Waals surface area contributed by atoms with Crippen LogP contribution in [0.25, 0.3) is 11.4 Å². The monoisotopic (exact) mass is 1040 g/mol. The molecule has 0 N–H and O–H groups in total. The van der Waals surface area contributed by atoms with E-state index in [1.165, 1.54) is 4.31 Å². The number of hydrogen-bond donors (Lipinski definition) is 0. The number of imidazole rings is 2. The highest BCUT2D eigenvalue weighted by Crippen LogP contribution is 2.30. The summed E-state index contributed by atoms with van der Waals surface area (Å²) in [5, 5.41) is 0. The van der Waals surface area contributed by atoms with Crippen molar-refractivity contribution in [3.8, 4) is 11.4 Å². The van der Waals surface area contributed by atoms with Gasteiger partial charge in [0.15, 0.2) is 9.84 Å². The maximum Gasteiger partial charge on any atom is 0.267 e. The van der Waals surface area contributed by atoms with E-state index in [-0.39, 0.29) is 17.4 Å². The number of anilines is 1. The Balaban J connectivity index is 0.000000223. The molecule has 0 amide bonds. The van der Waals surface area contributed by atoms with Crippen LogP contribution in [0.1, 0.15) is 28.1 Å². The zero-order chi connectivity index (χ0) is 40.8. The molecule has 0 aliphatic heterocycles. The van der Waals surface area contributed by atoms with Crippen molar-refractivity contribution in [1.29, 1.82) is 0 Å². The molecular formula is C41H47I2N5O5S2Si. The van der Waals surface area contributed by atoms with Gasteiger partial charge in [-0.2, -0.15) is 0 Å². The van der Waals surface area contributed by atoms with Gasteiger partial charge in [-0.3, -0.25) is 0 Å². The van der Waals surface area contributed by atoms with Crippen LogP contribution in [-0.2, 0) is 30.4 Å². The minimum Gasteiger partial charge on any atom is -0.360 e.